The van der Waals surface area contributed by atoms with Crippen LogP contribution in [0.15, 0.2) is 45.5 Å². The van der Waals surface area contributed by atoms with Crippen LogP contribution >= 0.6 is 0 Å². The van der Waals surface area contributed by atoms with Gasteiger partial charge < -0.3 is 18.6 Å². The topological polar surface area (TPSA) is 81.6 Å². The third kappa shape index (κ3) is 3.11. The molecule has 0 aliphatic carbocycles. The molecular formula is C19H17N3O4. The van der Waals surface area contributed by atoms with Gasteiger partial charge in [-0.2, -0.15) is 4.98 Å². The molecule has 2 aromatic heterocycles. The molecule has 132 valence electrons. The first-order valence-electron chi connectivity index (χ1n) is 8.37. The van der Waals surface area contributed by atoms with E-state index in [9.17, 15) is 4.79 Å². The summed E-state index contributed by atoms with van der Waals surface area (Å²) in [5.74, 6) is 2.15. The molecule has 1 aliphatic heterocycles. The Hall–Kier alpha value is -3.35. The summed E-state index contributed by atoms with van der Waals surface area (Å²) in [6.45, 7) is 2.74. The van der Waals surface area contributed by atoms with Crippen molar-refractivity contribution in [2.45, 2.75) is 13.3 Å². The average molecular weight is 351 g/mol. The van der Waals surface area contributed by atoms with Crippen molar-refractivity contribution in [3.63, 3.8) is 0 Å². The number of carbonyl (C=O) groups excluding carboxylic acids is 1. The average Bonchev–Trinajstić information content (AvgIpc) is 3.33. The monoisotopic (exact) mass is 351 g/mol. The predicted octanol–water partition coefficient (Wildman–Crippen LogP) is 3.64. The van der Waals surface area contributed by atoms with Gasteiger partial charge >= 0.3 is 0 Å². The van der Waals surface area contributed by atoms with E-state index < -0.39 is 0 Å². The lowest BCUT2D eigenvalue weighted by molar-refractivity contribution is -0.121. The third-order valence-electron chi connectivity index (χ3n) is 3.98. The lowest BCUT2D eigenvalue weighted by Crippen LogP contribution is -2.39. The smallest absolute Gasteiger partial charge is 0.265 e. The van der Waals surface area contributed by atoms with Gasteiger partial charge in [0, 0.05) is 18.2 Å². The van der Waals surface area contributed by atoms with Crippen LogP contribution in [0, 0.1) is 0 Å². The summed E-state index contributed by atoms with van der Waals surface area (Å²) < 4.78 is 16.0. The van der Waals surface area contributed by atoms with Crippen molar-refractivity contribution in [1.82, 2.24) is 10.1 Å². The maximum Gasteiger partial charge on any atom is 0.265 e. The van der Waals surface area contributed by atoms with E-state index in [-0.39, 0.29) is 12.5 Å². The van der Waals surface area contributed by atoms with Crippen molar-refractivity contribution < 1.29 is 18.5 Å². The number of fused-ring (bicyclic) bond motifs is 1. The minimum absolute atomic E-state index is 0.0494. The van der Waals surface area contributed by atoms with E-state index >= 15 is 0 Å². The van der Waals surface area contributed by atoms with E-state index in [0.717, 1.165) is 17.7 Å². The van der Waals surface area contributed by atoms with Gasteiger partial charge in [0.2, 0.25) is 5.82 Å². The number of benzene rings is 1. The summed E-state index contributed by atoms with van der Waals surface area (Å²) in [5.41, 5.74) is 1.49. The number of amides is 1. The highest BCUT2D eigenvalue weighted by Gasteiger charge is 2.25. The van der Waals surface area contributed by atoms with Crippen LogP contribution in [0.1, 0.15) is 25.0 Å². The van der Waals surface area contributed by atoms with Crippen molar-refractivity contribution in [1.29, 1.82) is 0 Å². The highest BCUT2D eigenvalue weighted by atomic mass is 16.5. The molecule has 0 atom stereocenters. The van der Waals surface area contributed by atoms with E-state index in [1.165, 1.54) is 0 Å². The van der Waals surface area contributed by atoms with Crippen molar-refractivity contribution in [3.8, 4) is 17.1 Å². The second-order valence-electron chi connectivity index (χ2n) is 5.82. The molecule has 1 amide bonds. The number of anilines is 1. The molecule has 0 unspecified atom stereocenters. The molecule has 0 saturated heterocycles. The number of carbonyl (C=O) groups is 1. The summed E-state index contributed by atoms with van der Waals surface area (Å²) >= 11 is 0. The number of hydrogen-bond acceptors (Lipinski definition) is 6. The first-order valence-corrected chi connectivity index (χ1v) is 8.37. The summed E-state index contributed by atoms with van der Waals surface area (Å²) in [7, 11) is 0. The van der Waals surface area contributed by atoms with Crippen LogP contribution in [-0.4, -0.2) is 29.2 Å². The van der Waals surface area contributed by atoms with Crippen molar-refractivity contribution in [2.75, 3.05) is 18.1 Å². The fourth-order valence-electron chi connectivity index (χ4n) is 2.77. The second kappa shape index (κ2) is 6.87. The minimum Gasteiger partial charge on any atom is -0.482 e. The van der Waals surface area contributed by atoms with E-state index in [4.69, 9.17) is 13.7 Å². The predicted molar refractivity (Wildman–Crippen MR) is 95.5 cm³/mol. The van der Waals surface area contributed by atoms with Crippen molar-refractivity contribution in [3.05, 3.63) is 48.2 Å². The molecule has 0 bridgehead atoms. The second-order valence-corrected chi connectivity index (χ2v) is 5.82. The Balaban J connectivity index is 1.62. The fourth-order valence-corrected chi connectivity index (χ4v) is 2.77. The number of hydrogen-bond donors (Lipinski definition) is 0. The molecule has 1 aliphatic rings. The standard InChI is InChI=1S/C19H17N3O4/c1-2-9-22-15-11-13(5-7-16(15)25-12-18(22)23)19-20-17(26-21-19)8-6-14-4-3-10-24-14/h3-8,10-11H,2,9,12H2,1H3/b8-6+. The fraction of sp³-hybridized carbons (Fsp3) is 0.211. The number of nitrogens with zero attached hydrogens (tertiary/aromatic N) is 3. The van der Waals surface area contributed by atoms with Gasteiger partial charge in [-0.3, -0.25) is 4.79 Å². The lowest BCUT2D eigenvalue weighted by atomic mass is 10.1. The van der Waals surface area contributed by atoms with Crippen molar-refractivity contribution in [2.24, 2.45) is 0 Å². The Kier molecular flexibility index (Phi) is 4.27. The quantitative estimate of drug-likeness (QED) is 0.698. The first-order chi connectivity index (χ1) is 12.7. The van der Waals surface area contributed by atoms with Crippen LogP contribution in [-0.2, 0) is 4.79 Å². The molecule has 0 N–H and O–H groups in total. The van der Waals surface area contributed by atoms with Gasteiger partial charge in [0.1, 0.15) is 11.5 Å². The zero-order chi connectivity index (χ0) is 17.9. The number of aromatic nitrogens is 2. The zero-order valence-corrected chi connectivity index (χ0v) is 14.2. The molecule has 7 nitrogen and oxygen atoms in total. The Morgan fingerprint density at radius 2 is 2.19 bits per heavy atom. The molecule has 26 heavy (non-hydrogen) atoms. The molecule has 0 spiro atoms. The Bertz CT molecular complexity index is 944. The molecule has 3 aromatic rings. The lowest BCUT2D eigenvalue weighted by Gasteiger charge is -2.29. The highest BCUT2D eigenvalue weighted by molar-refractivity contribution is 5.98. The molecule has 7 heteroatoms. The summed E-state index contributed by atoms with van der Waals surface area (Å²) in [6.07, 6.45) is 5.89. The van der Waals surface area contributed by atoms with E-state index in [1.807, 2.05) is 31.2 Å². The largest absolute Gasteiger partial charge is 0.482 e. The number of rotatable bonds is 5. The SMILES string of the molecule is CCCN1C(=O)COc2ccc(-c3noc(/C=C/c4ccco4)n3)cc21. The van der Waals surface area contributed by atoms with Gasteiger partial charge in [0.05, 0.1) is 12.0 Å². The summed E-state index contributed by atoms with van der Waals surface area (Å²) in [6, 6.07) is 9.17. The molecular weight excluding hydrogens is 334 g/mol. The zero-order valence-electron chi connectivity index (χ0n) is 14.2. The summed E-state index contributed by atoms with van der Waals surface area (Å²) in [5, 5.41) is 4.01. The van der Waals surface area contributed by atoms with Gasteiger partial charge in [-0.1, -0.05) is 12.1 Å². The van der Waals surface area contributed by atoms with Crippen LogP contribution in [0.4, 0.5) is 5.69 Å². The minimum atomic E-state index is -0.0494. The van der Waals surface area contributed by atoms with Crippen LogP contribution in [0.25, 0.3) is 23.5 Å². The molecule has 0 radical (unpaired) electrons. The highest BCUT2D eigenvalue weighted by Crippen LogP contribution is 2.35. The Morgan fingerprint density at radius 1 is 1.27 bits per heavy atom. The Morgan fingerprint density at radius 3 is 3.00 bits per heavy atom. The summed E-state index contributed by atoms with van der Waals surface area (Å²) in [4.78, 5) is 18.2. The van der Waals surface area contributed by atoms with Gasteiger partial charge in [-0.25, -0.2) is 0 Å². The van der Waals surface area contributed by atoms with Gasteiger partial charge in [-0.05, 0) is 42.8 Å². The van der Waals surface area contributed by atoms with Crippen LogP contribution in [0.3, 0.4) is 0 Å². The van der Waals surface area contributed by atoms with Crippen molar-refractivity contribution >= 4 is 23.7 Å². The molecule has 4 rings (SSSR count). The maximum atomic E-state index is 12.1. The van der Waals surface area contributed by atoms with E-state index in [2.05, 4.69) is 10.1 Å². The Labute approximate surface area is 149 Å². The van der Waals surface area contributed by atoms with Gasteiger partial charge in [-0.15, -0.1) is 0 Å². The first kappa shape index (κ1) is 16.1. The molecule has 0 saturated carbocycles. The van der Waals surface area contributed by atoms with Crippen LogP contribution < -0.4 is 9.64 Å². The molecule has 3 heterocycles. The normalized spacial score (nSPS) is 13.9. The van der Waals surface area contributed by atoms with Gasteiger partial charge in [0.15, 0.2) is 6.61 Å². The molecule has 1 aromatic carbocycles. The third-order valence-corrected chi connectivity index (χ3v) is 3.98. The number of ether oxygens (including phenoxy) is 1. The van der Waals surface area contributed by atoms with Crippen LogP contribution in [0.5, 0.6) is 5.75 Å². The maximum absolute atomic E-state index is 12.1. The van der Waals surface area contributed by atoms with Crippen LogP contribution in [0.2, 0.25) is 0 Å². The van der Waals surface area contributed by atoms with E-state index in [0.29, 0.717) is 29.8 Å². The molecule has 0 fully saturated rings. The van der Waals surface area contributed by atoms with Gasteiger partial charge in [0.25, 0.3) is 11.8 Å². The van der Waals surface area contributed by atoms with E-state index in [1.54, 1.807) is 29.4 Å². The number of furan rings is 1.